The van der Waals surface area contributed by atoms with Crippen LogP contribution in [0.5, 0.6) is 0 Å². The third-order valence-electron chi connectivity index (χ3n) is 3.39. The van der Waals surface area contributed by atoms with Crippen LogP contribution in [0.4, 0.5) is 4.39 Å². The van der Waals surface area contributed by atoms with Gasteiger partial charge in [0, 0.05) is 13.1 Å². The number of carbonyl (C=O) groups is 2. The summed E-state index contributed by atoms with van der Waals surface area (Å²) >= 11 is 0. The Morgan fingerprint density at radius 1 is 0.783 bits per heavy atom. The van der Waals surface area contributed by atoms with E-state index in [9.17, 15) is 14.0 Å². The summed E-state index contributed by atoms with van der Waals surface area (Å²) < 4.78 is 13.4. The van der Waals surface area contributed by atoms with Gasteiger partial charge >= 0.3 is 11.8 Å². The first-order chi connectivity index (χ1) is 11.2. The highest BCUT2D eigenvalue weighted by Gasteiger charge is 2.12. The van der Waals surface area contributed by atoms with Gasteiger partial charge in [0.15, 0.2) is 0 Å². The van der Waals surface area contributed by atoms with Gasteiger partial charge in [0.1, 0.15) is 5.82 Å². The van der Waals surface area contributed by atoms with Crippen molar-refractivity contribution in [3.8, 4) is 0 Å². The summed E-state index contributed by atoms with van der Waals surface area (Å²) in [6.45, 7) is 0.607. The quantitative estimate of drug-likeness (QED) is 0.800. The van der Waals surface area contributed by atoms with Crippen LogP contribution in [0.1, 0.15) is 11.1 Å². The fourth-order valence-electron chi connectivity index (χ4n) is 2.14. The van der Waals surface area contributed by atoms with E-state index in [0.717, 1.165) is 5.56 Å². The molecule has 0 saturated heterocycles. The molecule has 0 bridgehead atoms. The molecular formula is C18H19FN2O2. The van der Waals surface area contributed by atoms with E-state index in [0.29, 0.717) is 24.9 Å². The van der Waals surface area contributed by atoms with E-state index < -0.39 is 11.8 Å². The summed E-state index contributed by atoms with van der Waals surface area (Å²) in [5, 5.41) is 5.06. The summed E-state index contributed by atoms with van der Waals surface area (Å²) in [7, 11) is 0. The van der Waals surface area contributed by atoms with Crippen LogP contribution in [0.15, 0.2) is 54.6 Å². The number of amides is 2. The van der Waals surface area contributed by atoms with Crippen LogP contribution < -0.4 is 10.6 Å². The summed E-state index contributed by atoms with van der Waals surface area (Å²) in [5.74, 6) is -1.68. The molecule has 0 unspecified atom stereocenters. The molecule has 5 heteroatoms. The molecule has 0 aliphatic rings. The van der Waals surface area contributed by atoms with Gasteiger partial charge < -0.3 is 10.6 Å². The van der Waals surface area contributed by atoms with Gasteiger partial charge in [-0.2, -0.15) is 0 Å². The largest absolute Gasteiger partial charge is 0.348 e. The molecule has 0 aliphatic heterocycles. The average Bonchev–Trinajstić information content (AvgIpc) is 2.57. The number of nitrogens with one attached hydrogen (secondary N) is 2. The molecule has 23 heavy (non-hydrogen) atoms. The number of carbonyl (C=O) groups excluding carboxylic acids is 2. The molecule has 2 N–H and O–H groups in total. The lowest BCUT2D eigenvalue weighted by molar-refractivity contribution is -0.139. The third kappa shape index (κ3) is 5.54. The molecule has 2 aromatic carbocycles. The van der Waals surface area contributed by atoms with E-state index >= 15 is 0 Å². The van der Waals surface area contributed by atoms with Crippen molar-refractivity contribution >= 4 is 11.8 Å². The molecule has 0 fully saturated rings. The second-order valence-corrected chi connectivity index (χ2v) is 5.09. The second-order valence-electron chi connectivity index (χ2n) is 5.09. The Morgan fingerprint density at radius 2 is 1.35 bits per heavy atom. The monoisotopic (exact) mass is 314 g/mol. The zero-order valence-electron chi connectivity index (χ0n) is 12.7. The first-order valence-electron chi connectivity index (χ1n) is 7.50. The maximum absolute atomic E-state index is 13.4. The zero-order valence-corrected chi connectivity index (χ0v) is 12.7. The van der Waals surface area contributed by atoms with Gasteiger partial charge in [-0.3, -0.25) is 9.59 Å². The number of halogens is 1. The first-order valence-corrected chi connectivity index (χ1v) is 7.50. The van der Waals surface area contributed by atoms with Crippen LogP contribution in [0.25, 0.3) is 0 Å². The lowest BCUT2D eigenvalue weighted by Crippen LogP contribution is -2.41. The maximum atomic E-state index is 13.4. The lowest BCUT2D eigenvalue weighted by Gasteiger charge is -2.07. The van der Waals surface area contributed by atoms with Crippen LogP contribution in [-0.2, 0) is 22.4 Å². The van der Waals surface area contributed by atoms with Crippen LogP contribution >= 0.6 is 0 Å². The van der Waals surface area contributed by atoms with Crippen molar-refractivity contribution in [3.05, 3.63) is 71.5 Å². The Morgan fingerprint density at radius 3 is 2.00 bits per heavy atom. The standard InChI is InChI=1S/C18H19FN2O2/c19-16-9-5-4-8-15(16)11-13-21-18(23)17(22)20-12-10-14-6-2-1-3-7-14/h1-9H,10-13H2,(H,20,22)(H,21,23). The average molecular weight is 314 g/mol. The summed E-state index contributed by atoms with van der Waals surface area (Å²) in [5.41, 5.74) is 1.60. The van der Waals surface area contributed by atoms with Gasteiger partial charge in [-0.05, 0) is 30.0 Å². The molecule has 4 nitrogen and oxygen atoms in total. The molecule has 0 aliphatic carbocycles. The highest BCUT2D eigenvalue weighted by molar-refractivity contribution is 6.35. The minimum atomic E-state index is -0.700. The maximum Gasteiger partial charge on any atom is 0.309 e. The van der Waals surface area contributed by atoms with Crippen LogP contribution in [0.3, 0.4) is 0 Å². The molecule has 0 saturated carbocycles. The summed E-state index contributed by atoms with van der Waals surface area (Å²) in [6.07, 6.45) is 1.00. The summed E-state index contributed by atoms with van der Waals surface area (Å²) in [6, 6.07) is 16.1. The van der Waals surface area contributed by atoms with Gasteiger partial charge in [-0.15, -0.1) is 0 Å². The van der Waals surface area contributed by atoms with E-state index in [2.05, 4.69) is 10.6 Å². The number of hydrogen-bond acceptors (Lipinski definition) is 2. The molecule has 0 heterocycles. The smallest absolute Gasteiger partial charge is 0.309 e. The number of benzene rings is 2. The van der Waals surface area contributed by atoms with E-state index in [1.54, 1.807) is 18.2 Å². The van der Waals surface area contributed by atoms with Crippen molar-refractivity contribution in [2.24, 2.45) is 0 Å². The molecule has 2 aromatic rings. The molecule has 0 radical (unpaired) electrons. The molecule has 0 atom stereocenters. The van der Waals surface area contributed by atoms with E-state index in [1.165, 1.54) is 6.07 Å². The van der Waals surface area contributed by atoms with Crippen LogP contribution in [0.2, 0.25) is 0 Å². The normalized spacial score (nSPS) is 10.1. The zero-order chi connectivity index (χ0) is 16.5. The fourth-order valence-corrected chi connectivity index (χ4v) is 2.14. The van der Waals surface area contributed by atoms with E-state index in [-0.39, 0.29) is 12.4 Å². The Balaban J connectivity index is 1.67. The Bertz CT molecular complexity index is 659. The lowest BCUT2D eigenvalue weighted by atomic mass is 10.1. The topological polar surface area (TPSA) is 58.2 Å². The molecule has 0 spiro atoms. The Labute approximate surface area is 134 Å². The highest BCUT2D eigenvalue weighted by atomic mass is 19.1. The van der Waals surface area contributed by atoms with Gasteiger partial charge in [0.2, 0.25) is 0 Å². The van der Waals surface area contributed by atoms with Crippen molar-refractivity contribution < 1.29 is 14.0 Å². The predicted octanol–water partition coefficient (Wildman–Crippen LogP) is 1.84. The van der Waals surface area contributed by atoms with Crippen LogP contribution in [-0.4, -0.2) is 24.9 Å². The number of hydrogen-bond donors (Lipinski definition) is 2. The molecule has 2 rings (SSSR count). The van der Waals surface area contributed by atoms with Crippen LogP contribution in [0, 0.1) is 5.82 Å². The van der Waals surface area contributed by atoms with Gasteiger partial charge in [0.25, 0.3) is 0 Å². The minimum absolute atomic E-state index is 0.214. The van der Waals surface area contributed by atoms with Crippen molar-refractivity contribution in [1.29, 1.82) is 0 Å². The van der Waals surface area contributed by atoms with Crippen molar-refractivity contribution in [2.75, 3.05) is 13.1 Å². The van der Waals surface area contributed by atoms with E-state index in [1.807, 2.05) is 30.3 Å². The fraction of sp³-hybridized carbons (Fsp3) is 0.222. The molecule has 2 amide bonds. The van der Waals surface area contributed by atoms with Gasteiger partial charge in [-0.1, -0.05) is 48.5 Å². The van der Waals surface area contributed by atoms with Crippen molar-refractivity contribution in [2.45, 2.75) is 12.8 Å². The Kier molecular flexibility index (Phi) is 6.29. The molecule has 0 aromatic heterocycles. The predicted molar refractivity (Wildman–Crippen MR) is 86.3 cm³/mol. The molecular weight excluding hydrogens is 295 g/mol. The second kappa shape index (κ2) is 8.68. The van der Waals surface area contributed by atoms with Gasteiger partial charge in [0.05, 0.1) is 0 Å². The van der Waals surface area contributed by atoms with Crippen molar-refractivity contribution in [3.63, 3.8) is 0 Å². The van der Waals surface area contributed by atoms with Gasteiger partial charge in [-0.25, -0.2) is 4.39 Å². The minimum Gasteiger partial charge on any atom is -0.348 e. The highest BCUT2D eigenvalue weighted by Crippen LogP contribution is 2.06. The SMILES string of the molecule is O=C(NCCc1ccccc1)C(=O)NCCc1ccccc1F. The third-order valence-corrected chi connectivity index (χ3v) is 3.39. The first kappa shape index (κ1) is 16.7. The molecule has 120 valence electrons. The Hall–Kier alpha value is -2.69. The van der Waals surface area contributed by atoms with Crippen molar-refractivity contribution in [1.82, 2.24) is 10.6 Å². The van der Waals surface area contributed by atoms with E-state index in [4.69, 9.17) is 0 Å². The number of rotatable bonds is 6. The summed E-state index contributed by atoms with van der Waals surface area (Å²) in [4.78, 5) is 23.3.